The van der Waals surface area contributed by atoms with Crippen LogP contribution in [0.2, 0.25) is 0 Å². The lowest BCUT2D eigenvalue weighted by molar-refractivity contribution is -0.119. The quantitative estimate of drug-likeness (QED) is 0.0735. The van der Waals surface area contributed by atoms with E-state index in [1.807, 2.05) is 151 Å². The monoisotopic (exact) mass is 1930 g/mol. The first kappa shape index (κ1) is 98.4. The van der Waals surface area contributed by atoms with Gasteiger partial charge in [-0.3, -0.25) is 74.3 Å². The molecule has 15 heterocycles. The van der Waals surface area contributed by atoms with Crippen LogP contribution in [0.5, 0.6) is 0 Å². The fourth-order valence-corrected chi connectivity index (χ4v) is 26.5. The lowest BCUT2D eigenvalue weighted by atomic mass is 9.62. The van der Waals surface area contributed by atoms with E-state index >= 15 is 0 Å². The van der Waals surface area contributed by atoms with Crippen LogP contribution >= 0.6 is 0 Å². The van der Waals surface area contributed by atoms with E-state index in [0.717, 1.165) is 242 Å². The average Bonchev–Trinajstić information content (AvgIpc) is 1.40. The Bertz CT molecular complexity index is 6300. The van der Waals surface area contributed by atoms with Gasteiger partial charge in [-0.1, -0.05) is 192 Å². The first-order chi connectivity index (χ1) is 68.0. The van der Waals surface area contributed by atoms with Crippen LogP contribution in [0.4, 0.5) is 34.9 Å². The minimum absolute atomic E-state index is 0.0244. The van der Waals surface area contributed by atoms with Gasteiger partial charge in [0.15, 0.2) is 69.6 Å². The Hall–Kier alpha value is -14.4. The minimum atomic E-state index is -0.533. The van der Waals surface area contributed by atoms with Crippen LogP contribution < -0.4 is 31.9 Å². The normalized spacial score (nSPS) is 25.1. The second-order valence-electron chi connectivity index (χ2n) is 47.5. The van der Waals surface area contributed by atoms with E-state index in [4.69, 9.17) is 0 Å². The summed E-state index contributed by atoms with van der Waals surface area (Å²) in [6.07, 6.45) is 19.4. The Balaban J connectivity index is 0.000000109. The number of aromatic nitrogens is 15. The second-order valence-corrected chi connectivity index (χ2v) is 47.5. The molecular formula is C117H135N21O6. The SMILES string of the molecule is Cc1[nH]nc2c1C(C)(c1ccccc1)C1=C(CC(C)(C)CC1=O)N2.Cc1[nH]nc2c1C(C)(c1cccnc1)C1=C(CC(C)(C)CC1=O)N2.Cc1[nH]nc2c1C(C)(c1cccnc1)C1=C(CC(C)(C)CC1=O)N2.Cc1[nH]nc2c1C(C)(c1cccnc1)C1=C(CC(C)(C)CC1=O)N2.Cc1[nH]nc2c1[C@@](C)(c1ccccc1)C1=C(CC(C)(C)CC1=O)N2.Cc1[nH]nc2c1[C@](C)(c1ccccc1)C1=C(CC(C)(C)CC1=O)N2. The van der Waals surface area contributed by atoms with Gasteiger partial charge in [-0.05, 0) is 206 Å². The van der Waals surface area contributed by atoms with E-state index in [1.54, 1.807) is 18.6 Å². The van der Waals surface area contributed by atoms with Gasteiger partial charge in [-0.15, -0.1) is 0 Å². The first-order valence-electron chi connectivity index (χ1n) is 50.4. The topological polar surface area (TPSA) is 385 Å². The molecule has 6 aliphatic heterocycles. The van der Waals surface area contributed by atoms with Crippen LogP contribution in [0.15, 0.2) is 232 Å². The molecule has 6 aliphatic carbocycles. The summed E-state index contributed by atoms with van der Waals surface area (Å²) >= 11 is 0. The molecule has 0 bridgehead atoms. The number of pyridine rings is 3. The number of allylic oxidation sites excluding steroid dienone is 12. The van der Waals surface area contributed by atoms with Gasteiger partial charge in [-0.25, -0.2) is 0 Å². The van der Waals surface area contributed by atoms with Gasteiger partial charge < -0.3 is 31.9 Å². The zero-order valence-corrected chi connectivity index (χ0v) is 87.5. The molecule has 27 nitrogen and oxygen atoms in total. The average molecular weight is 1930 g/mol. The molecule has 144 heavy (non-hydrogen) atoms. The third kappa shape index (κ3) is 16.6. The number of carbonyl (C=O) groups is 6. The van der Waals surface area contributed by atoms with Gasteiger partial charge in [0, 0.05) is 211 Å². The van der Waals surface area contributed by atoms with Gasteiger partial charge in [0.05, 0.1) is 32.5 Å². The first-order valence-corrected chi connectivity index (χ1v) is 50.4. The smallest absolute Gasteiger partial charge is 0.162 e. The third-order valence-electron chi connectivity index (χ3n) is 32.3. The van der Waals surface area contributed by atoms with Crippen LogP contribution in [0.1, 0.15) is 303 Å². The molecule has 0 fully saturated rings. The lowest BCUT2D eigenvalue weighted by Crippen LogP contribution is -2.42. The maximum atomic E-state index is 13.1. The number of benzene rings is 3. The molecule has 12 aromatic rings. The van der Waals surface area contributed by atoms with Crippen molar-refractivity contribution >= 4 is 69.6 Å². The number of ketones is 6. The molecule has 0 radical (unpaired) electrons. The molecule has 9 aromatic heterocycles. The molecule has 0 amide bonds. The van der Waals surface area contributed by atoms with E-state index in [1.165, 1.54) is 0 Å². The highest BCUT2D eigenvalue weighted by atomic mass is 16.1. The maximum Gasteiger partial charge on any atom is 0.162 e. The zero-order valence-electron chi connectivity index (χ0n) is 87.5. The zero-order chi connectivity index (χ0) is 103. The Kier molecular flexibility index (Phi) is 24.1. The molecule has 6 atom stereocenters. The summed E-state index contributed by atoms with van der Waals surface area (Å²) in [7, 11) is 0. The number of rotatable bonds is 6. The van der Waals surface area contributed by atoms with Crippen molar-refractivity contribution in [3.63, 3.8) is 0 Å². The molecule has 12 N–H and O–H groups in total. The summed E-state index contributed by atoms with van der Waals surface area (Å²) in [5.41, 5.74) is 27.0. The Labute approximate surface area is 842 Å². The highest BCUT2D eigenvalue weighted by Crippen LogP contribution is 2.61. The van der Waals surface area contributed by atoms with E-state index in [9.17, 15) is 28.8 Å². The summed E-state index contributed by atoms with van der Waals surface area (Å²) in [4.78, 5) is 91.7. The van der Waals surface area contributed by atoms with Crippen molar-refractivity contribution in [2.75, 3.05) is 31.9 Å². The summed E-state index contributed by atoms with van der Waals surface area (Å²) in [6.45, 7) is 50.7. The van der Waals surface area contributed by atoms with Gasteiger partial charge >= 0.3 is 0 Å². The third-order valence-corrected chi connectivity index (χ3v) is 32.3. The largest absolute Gasteiger partial charge is 0.342 e. The number of fused-ring (bicyclic) bond motifs is 6. The van der Waals surface area contributed by atoms with Crippen LogP contribution in [0.3, 0.4) is 0 Å². The van der Waals surface area contributed by atoms with Crippen molar-refractivity contribution in [1.82, 2.24) is 76.1 Å². The molecule has 24 rings (SSSR count). The molecule has 4 unspecified atom stereocenters. The van der Waals surface area contributed by atoms with Crippen molar-refractivity contribution in [3.05, 3.63) is 333 Å². The Morgan fingerprint density at radius 2 is 0.354 bits per heavy atom. The summed E-state index contributed by atoms with van der Waals surface area (Å²) in [6, 6.07) is 42.8. The highest BCUT2D eigenvalue weighted by Gasteiger charge is 2.57. The van der Waals surface area contributed by atoms with Crippen molar-refractivity contribution in [2.45, 2.75) is 276 Å². The highest BCUT2D eigenvalue weighted by molar-refractivity contribution is 6.08. The Morgan fingerprint density at radius 3 is 0.507 bits per heavy atom. The van der Waals surface area contributed by atoms with E-state index < -0.39 is 32.5 Å². The summed E-state index contributed by atoms with van der Waals surface area (Å²) in [5.74, 6) is 6.39. The predicted molar refractivity (Wildman–Crippen MR) is 563 cm³/mol. The second kappa shape index (κ2) is 35.3. The summed E-state index contributed by atoms with van der Waals surface area (Å²) < 4.78 is 0. The van der Waals surface area contributed by atoms with Crippen LogP contribution in [-0.2, 0) is 61.3 Å². The van der Waals surface area contributed by atoms with E-state index in [2.05, 4.69) is 269 Å². The molecule has 0 saturated carbocycles. The number of carbonyl (C=O) groups excluding carboxylic acids is 6. The number of H-pyrrole nitrogens is 6. The molecule has 0 saturated heterocycles. The molecular weight excluding hydrogens is 1800 g/mol. The van der Waals surface area contributed by atoms with Gasteiger partial charge in [-0.2, -0.15) is 30.6 Å². The van der Waals surface area contributed by atoms with Crippen molar-refractivity contribution < 1.29 is 28.8 Å². The Morgan fingerprint density at radius 1 is 0.201 bits per heavy atom. The van der Waals surface area contributed by atoms with Crippen LogP contribution in [0.25, 0.3) is 0 Å². The molecule has 744 valence electrons. The number of aromatic amines is 6. The van der Waals surface area contributed by atoms with Gasteiger partial charge in [0.2, 0.25) is 0 Å². The lowest BCUT2D eigenvalue weighted by Gasteiger charge is -2.43. The number of hydrogen-bond donors (Lipinski definition) is 12. The van der Waals surface area contributed by atoms with Crippen LogP contribution in [-0.4, -0.2) is 111 Å². The molecule has 0 spiro atoms. The number of anilines is 6. The summed E-state index contributed by atoms with van der Waals surface area (Å²) in [5, 5.41) is 65.8. The van der Waals surface area contributed by atoms with Crippen molar-refractivity contribution in [1.29, 1.82) is 0 Å². The fourth-order valence-electron chi connectivity index (χ4n) is 26.5. The van der Waals surface area contributed by atoms with E-state index in [0.29, 0.717) is 38.5 Å². The van der Waals surface area contributed by atoms with Crippen molar-refractivity contribution in [3.8, 4) is 0 Å². The van der Waals surface area contributed by atoms with Crippen LogP contribution in [0, 0.1) is 74.0 Å². The van der Waals surface area contributed by atoms with Gasteiger partial charge in [0.1, 0.15) is 0 Å². The predicted octanol–water partition coefficient (Wildman–Crippen LogP) is 22.7. The fraction of sp³-hybridized carbons (Fsp3) is 0.410. The minimum Gasteiger partial charge on any atom is -0.342 e. The number of nitrogens with zero attached hydrogens (tertiary/aromatic N) is 9. The standard InChI is InChI=1S/3C20H23N3O.3C19H22N4O/c3*1-12-16-18(23-22-12)21-14-10-19(2,3)11-15(24)17(14)20(16,4)13-8-6-5-7-9-13;3*1-11-15-17(23-22-11)21-13-8-18(2,3)9-14(24)16(13)19(15,4)12-6-5-7-20-10-12/h3*5-9H,10-11H2,1-4H3,(H2,21,22,23);3*5-7,10H,8-9H2,1-4H3,(H2,21,22,23)/t2*20-;;;;/m10..../s1. The number of hydrogen-bond acceptors (Lipinski definition) is 21. The molecule has 12 aliphatic rings. The molecule has 27 heteroatoms. The maximum absolute atomic E-state index is 13.1. The van der Waals surface area contributed by atoms with Gasteiger partial charge in [0.25, 0.3) is 0 Å². The van der Waals surface area contributed by atoms with Crippen molar-refractivity contribution in [2.24, 2.45) is 32.5 Å². The number of nitrogens with one attached hydrogen (secondary N) is 12. The number of aryl methyl sites for hydroxylation is 6. The molecule has 3 aromatic carbocycles. The van der Waals surface area contributed by atoms with E-state index in [-0.39, 0.29) is 67.2 Å². The number of Topliss-reactive ketones (excluding diaryl/α,β-unsaturated/α-hetero) is 6.